The summed E-state index contributed by atoms with van der Waals surface area (Å²) in [4.78, 5) is 0. The van der Waals surface area contributed by atoms with Gasteiger partial charge in [0.15, 0.2) is 0 Å². The molecule has 0 heterocycles. The summed E-state index contributed by atoms with van der Waals surface area (Å²) in [5.41, 5.74) is 6.28. The highest BCUT2D eigenvalue weighted by Gasteiger charge is 2.26. The van der Waals surface area contributed by atoms with Crippen molar-refractivity contribution in [2.75, 3.05) is 12.3 Å². The first kappa shape index (κ1) is 15.9. The molecule has 0 aliphatic heterocycles. The van der Waals surface area contributed by atoms with Gasteiger partial charge in [-0.3, -0.25) is 0 Å². The molecule has 0 aromatic heterocycles. The van der Waals surface area contributed by atoms with Crippen LogP contribution in [0.5, 0.6) is 0 Å². The Hall–Kier alpha value is -0.130. The highest BCUT2D eigenvalue weighted by atomic mass is 32.2. The molecular formula is C13H28N2O2S. The predicted octanol–water partition coefficient (Wildman–Crippen LogP) is 2.15. The van der Waals surface area contributed by atoms with Crippen molar-refractivity contribution in [1.82, 2.24) is 4.72 Å². The van der Waals surface area contributed by atoms with E-state index in [1.165, 1.54) is 19.3 Å². The van der Waals surface area contributed by atoms with Gasteiger partial charge in [0.05, 0.1) is 5.75 Å². The first-order valence-electron chi connectivity index (χ1n) is 7.24. The smallest absolute Gasteiger partial charge is 0.211 e. The Labute approximate surface area is 112 Å². The Morgan fingerprint density at radius 2 is 1.83 bits per heavy atom. The highest BCUT2D eigenvalue weighted by Crippen LogP contribution is 2.29. The molecule has 0 unspecified atom stereocenters. The average Bonchev–Trinajstić information content (AvgIpc) is 2.33. The van der Waals surface area contributed by atoms with Crippen molar-refractivity contribution in [3.8, 4) is 0 Å². The molecule has 1 fully saturated rings. The second-order valence-electron chi connectivity index (χ2n) is 5.59. The fourth-order valence-electron chi connectivity index (χ4n) is 2.58. The third-order valence-electron chi connectivity index (χ3n) is 3.79. The molecule has 1 saturated carbocycles. The Balaban J connectivity index is 2.17. The van der Waals surface area contributed by atoms with Crippen LogP contribution in [0.15, 0.2) is 0 Å². The zero-order valence-corrected chi connectivity index (χ0v) is 12.4. The van der Waals surface area contributed by atoms with Crippen LogP contribution in [-0.2, 0) is 10.0 Å². The van der Waals surface area contributed by atoms with Crippen LogP contribution in [-0.4, -0.2) is 26.3 Å². The lowest BCUT2D eigenvalue weighted by molar-refractivity contribution is 0.273. The minimum atomic E-state index is -3.06. The topological polar surface area (TPSA) is 72.2 Å². The van der Waals surface area contributed by atoms with Crippen LogP contribution in [0.4, 0.5) is 0 Å². The van der Waals surface area contributed by atoms with Crippen LogP contribution < -0.4 is 10.5 Å². The third-order valence-corrected chi connectivity index (χ3v) is 5.26. The van der Waals surface area contributed by atoms with Crippen LogP contribution in [0.25, 0.3) is 0 Å². The van der Waals surface area contributed by atoms with Gasteiger partial charge in [-0.1, -0.05) is 32.6 Å². The molecule has 0 atom stereocenters. The van der Waals surface area contributed by atoms with E-state index < -0.39 is 10.0 Å². The molecule has 0 aromatic carbocycles. The van der Waals surface area contributed by atoms with E-state index in [1.54, 1.807) is 0 Å². The fraction of sp³-hybridized carbons (Fsp3) is 1.00. The van der Waals surface area contributed by atoms with Crippen molar-refractivity contribution >= 4 is 10.0 Å². The maximum absolute atomic E-state index is 11.6. The second-order valence-corrected chi connectivity index (χ2v) is 7.52. The van der Waals surface area contributed by atoms with Crippen molar-refractivity contribution in [1.29, 1.82) is 0 Å². The largest absolute Gasteiger partial charge is 0.325 e. The molecule has 0 bridgehead atoms. The first-order chi connectivity index (χ1) is 8.47. The van der Waals surface area contributed by atoms with Crippen LogP contribution in [0.2, 0.25) is 0 Å². The number of hydrogen-bond donors (Lipinski definition) is 2. The van der Waals surface area contributed by atoms with Gasteiger partial charge in [0.1, 0.15) is 0 Å². The summed E-state index contributed by atoms with van der Waals surface area (Å²) < 4.78 is 25.8. The van der Waals surface area contributed by atoms with Gasteiger partial charge in [-0.05, 0) is 32.1 Å². The van der Waals surface area contributed by atoms with Gasteiger partial charge in [0.25, 0.3) is 0 Å². The van der Waals surface area contributed by atoms with E-state index in [0.29, 0.717) is 6.54 Å². The summed E-state index contributed by atoms with van der Waals surface area (Å²) in [5.74, 6) is 0.247. The molecule has 5 heteroatoms. The summed E-state index contributed by atoms with van der Waals surface area (Å²) in [6.45, 7) is 2.53. The molecule has 0 aromatic rings. The number of sulfonamides is 1. The molecule has 4 nitrogen and oxygen atoms in total. The average molecular weight is 276 g/mol. The molecule has 0 amide bonds. The summed E-state index contributed by atoms with van der Waals surface area (Å²) in [6, 6.07) is 0. The normalized spacial score (nSPS) is 19.9. The van der Waals surface area contributed by atoms with E-state index in [9.17, 15) is 8.42 Å². The zero-order chi connectivity index (χ0) is 13.5. The number of nitrogens with two attached hydrogens (primary N) is 1. The van der Waals surface area contributed by atoms with Crippen LogP contribution >= 0.6 is 0 Å². The quantitative estimate of drug-likeness (QED) is 0.667. The van der Waals surface area contributed by atoms with Crippen molar-refractivity contribution < 1.29 is 8.42 Å². The monoisotopic (exact) mass is 276 g/mol. The highest BCUT2D eigenvalue weighted by molar-refractivity contribution is 7.89. The Morgan fingerprint density at radius 1 is 1.17 bits per heavy atom. The molecule has 0 spiro atoms. The molecule has 0 radical (unpaired) electrons. The Kier molecular flexibility index (Phi) is 6.60. The number of hydrogen-bond acceptors (Lipinski definition) is 3. The van der Waals surface area contributed by atoms with E-state index in [0.717, 1.165) is 38.5 Å². The van der Waals surface area contributed by atoms with Crippen molar-refractivity contribution in [2.24, 2.45) is 5.73 Å². The second kappa shape index (κ2) is 7.46. The van der Waals surface area contributed by atoms with Crippen molar-refractivity contribution in [3.63, 3.8) is 0 Å². The van der Waals surface area contributed by atoms with E-state index in [2.05, 4.69) is 4.72 Å². The van der Waals surface area contributed by atoms with Gasteiger partial charge < -0.3 is 5.73 Å². The van der Waals surface area contributed by atoms with Crippen molar-refractivity contribution in [3.05, 3.63) is 0 Å². The van der Waals surface area contributed by atoms with E-state index in [4.69, 9.17) is 5.73 Å². The Morgan fingerprint density at radius 3 is 2.44 bits per heavy atom. The SMILES string of the molecule is CCCCS(=O)(=O)NCCCC1(N)CCCCC1. The van der Waals surface area contributed by atoms with Crippen molar-refractivity contribution in [2.45, 2.75) is 70.3 Å². The molecule has 1 aliphatic carbocycles. The summed E-state index contributed by atoms with van der Waals surface area (Å²) in [7, 11) is -3.06. The lowest BCUT2D eigenvalue weighted by Crippen LogP contribution is -2.42. The van der Waals surface area contributed by atoms with Crippen LogP contribution in [0.1, 0.15) is 64.7 Å². The lowest BCUT2D eigenvalue weighted by atomic mass is 9.79. The maximum Gasteiger partial charge on any atom is 0.211 e. The Bertz CT molecular complexity index is 322. The van der Waals surface area contributed by atoms with E-state index >= 15 is 0 Å². The van der Waals surface area contributed by atoms with Gasteiger partial charge in [-0.25, -0.2) is 13.1 Å². The summed E-state index contributed by atoms with van der Waals surface area (Å²) in [6.07, 6.45) is 9.35. The minimum absolute atomic E-state index is 0.0346. The molecule has 18 heavy (non-hydrogen) atoms. The molecule has 1 aliphatic rings. The molecule has 1 rings (SSSR count). The van der Waals surface area contributed by atoms with Gasteiger partial charge in [-0.15, -0.1) is 0 Å². The zero-order valence-electron chi connectivity index (χ0n) is 11.6. The third kappa shape index (κ3) is 6.16. The number of unbranched alkanes of at least 4 members (excludes halogenated alkanes) is 1. The van der Waals surface area contributed by atoms with E-state index in [1.807, 2.05) is 6.92 Å². The van der Waals surface area contributed by atoms with Gasteiger partial charge >= 0.3 is 0 Å². The predicted molar refractivity (Wildman–Crippen MR) is 75.9 cm³/mol. The van der Waals surface area contributed by atoms with Crippen LogP contribution in [0.3, 0.4) is 0 Å². The maximum atomic E-state index is 11.6. The summed E-state index contributed by atoms with van der Waals surface area (Å²) >= 11 is 0. The fourth-order valence-corrected chi connectivity index (χ4v) is 3.85. The lowest BCUT2D eigenvalue weighted by Gasteiger charge is -2.33. The van der Waals surface area contributed by atoms with Gasteiger partial charge in [-0.2, -0.15) is 0 Å². The van der Waals surface area contributed by atoms with E-state index in [-0.39, 0.29) is 11.3 Å². The minimum Gasteiger partial charge on any atom is -0.325 e. The summed E-state index contributed by atoms with van der Waals surface area (Å²) in [5, 5.41) is 0. The van der Waals surface area contributed by atoms with Gasteiger partial charge in [0.2, 0.25) is 10.0 Å². The standard InChI is InChI=1S/C13H28N2O2S/c1-2-3-12-18(16,17)15-11-7-10-13(14)8-5-4-6-9-13/h15H,2-12,14H2,1H3. The van der Waals surface area contributed by atoms with Gasteiger partial charge in [0, 0.05) is 12.1 Å². The first-order valence-corrected chi connectivity index (χ1v) is 8.89. The molecule has 108 valence electrons. The number of nitrogens with one attached hydrogen (secondary N) is 1. The molecular weight excluding hydrogens is 248 g/mol. The molecule has 0 saturated heterocycles. The van der Waals surface area contributed by atoms with Crippen LogP contribution in [0, 0.1) is 0 Å². The number of rotatable bonds is 8. The molecule has 3 N–H and O–H groups in total.